The number of hydrogen-bond donors (Lipinski definition) is 1. The SMILES string of the molecule is N#Cc1cc(N)ccc1Oc1ncc(I)cn1. The lowest BCUT2D eigenvalue weighted by molar-refractivity contribution is 0.440. The van der Waals surface area contributed by atoms with Gasteiger partial charge in [-0.15, -0.1) is 0 Å². The number of nitrogens with two attached hydrogens (primary N) is 1. The van der Waals surface area contributed by atoms with Gasteiger partial charge >= 0.3 is 6.01 Å². The van der Waals surface area contributed by atoms with Crippen LogP contribution >= 0.6 is 22.6 Å². The molecule has 0 aliphatic heterocycles. The molecule has 17 heavy (non-hydrogen) atoms. The highest BCUT2D eigenvalue weighted by Crippen LogP contribution is 2.24. The summed E-state index contributed by atoms with van der Waals surface area (Å²) in [6.07, 6.45) is 3.26. The summed E-state index contributed by atoms with van der Waals surface area (Å²) >= 11 is 2.10. The lowest BCUT2D eigenvalue weighted by Gasteiger charge is -2.05. The van der Waals surface area contributed by atoms with Gasteiger partial charge in [0.1, 0.15) is 11.8 Å². The maximum Gasteiger partial charge on any atom is 0.321 e. The van der Waals surface area contributed by atoms with Crippen LogP contribution in [-0.2, 0) is 0 Å². The van der Waals surface area contributed by atoms with Crippen LogP contribution in [0.1, 0.15) is 5.56 Å². The number of ether oxygens (including phenoxy) is 1. The van der Waals surface area contributed by atoms with Crippen LogP contribution in [0.15, 0.2) is 30.6 Å². The van der Waals surface area contributed by atoms with Crippen molar-refractivity contribution in [2.75, 3.05) is 5.73 Å². The zero-order chi connectivity index (χ0) is 12.3. The van der Waals surface area contributed by atoms with Gasteiger partial charge in [0.15, 0.2) is 0 Å². The molecule has 0 amide bonds. The second kappa shape index (κ2) is 4.97. The summed E-state index contributed by atoms with van der Waals surface area (Å²) in [6, 6.07) is 7.03. The molecule has 0 atom stereocenters. The van der Waals surface area contributed by atoms with E-state index in [4.69, 9.17) is 15.7 Å². The van der Waals surface area contributed by atoms with Crippen LogP contribution in [0.25, 0.3) is 0 Å². The van der Waals surface area contributed by atoms with Crippen molar-refractivity contribution in [2.24, 2.45) is 0 Å². The van der Waals surface area contributed by atoms with Crippen molar-refractivity contribution in [3.8, 4) is 17.8 Å². The number of rotatable bonds is 2. The Labute approximate surface area is 111 Å². The first-order valence-electron chi connectivity index (χ1n) is 4.64. The molecular formula is C11H7IN4O. The van der Waals surface area contributed by atoms with E-state index in [1.165, 1.54) is 0 Å². The van der Waals surface area contributed by atoms with Crippen molar-refractivity contribution < 1.29 is 4.74 Å². The maximum atomic E-state index is 8.94. The third kappa shape index (κ3) is 2.82. The van der Waals surface area contributed by atoms with Gasteiger partial charge in [-0.05, 0) is 40.8 Å². The van der Waals surface area contributed by atoms with E-state index in [9.17, 15) is 0 Å². The molecule has 0 bridgehead atoms. The molecule has 84 valence electrons. The molecule has 0 aliphatic rings. The molecule has 0 unspecified atom stereocenters. The first-order valence-corrected chi connectivity index (χ1v) is 5.72. The highest BCUT2D eigenvalue weighted by molar-refractivity contribution is 14.1. The Morgan fingerprint density at radius 3 is 2.65 bits per heavy atom. The molecule has 1 aromatic heterocycles. The molecule has 6 heteroatoms. The van der Waals surface area contributed by atoms with E-state index in [2.05, 4.69) is 32.6 Å². The Bertz CT molecular complexity index is 577. The van der Waals surface area contributed by atoms with Crippen LogP contribution in [0.3, 0.4) is 0 Å². The molecule has 0 aliphatic carbocycles. The molecule has 0 saturated heterocycles. The van der Waals surface area contributed by atoms with E-state index < -0.39 is 0 Å². The Balaban J connectivity index is 2.30. The van der Waals surface area contributed by atoms with E-state index in [1.807, 2.05) is 6.07 Å². The Kier molecular flexibility index (Phi) is 3.39. The predicted octanol–water partition coefficient (Wildman–Crippen LogP) is 2.33. The smallest absolute Gasteiger partial charge is 0.321 e. The zero-order valence-corrected chi connectivity index (χ0v) is 10.7. The summed E-state index contributed by atoms with van der Waals surface area (Å²) in [6.45, 7) is 0. The lowest BCUT2D eigenvalue weighted by Crippen LogP contribution is -1.95. The Hall–Kier alpha value is -1.88. The van der Waals surface area contributed by atoms with E-state index in [0.717, 1.165) is 3.57 Å². The van der Waals surface area contributed by atoms with Gasteiger partial charge in [-0.25, -0.2) is 9.97 Å². The normalized spacial score (nSPS) is 9.65. The second-order valence-electron chi connectivity index (χ2n) is 3.15. The minimum Gasteiger partial charge on any atom is -0.423 e. The van der Waals surface area contributed by atoms with Gasteiger partial charge in [-0.3, -0.25) is 0 Å². The molecule has 1 aromatic carbocycles. The summed E-state index contributed by atoms with van der Waals surface area (Å²) in [5, 5.41) is 8.94. The van der Waals surface area contributed by atoms with E-state index in [1.54, 1.807) is 30.6 Å². The fraction of sp³-hybridized carbons (Fsp3) is 0. The molecule has 2 N–H and O–H groups in total. The average Bonchev–Trinajstić information content (AvgIpc) is 2.34. The van der Waals surface area contributed by atoms with E-state index in [0.29, 0.717) is 17.0 Å². The van der Waals surface area contributed by atoms with Crippen molar-refractivity contribution in [1.29, 1.82) is 5.26 Å². The Morgan fingerprint density at radius 1 is 1.29 bits per heavy atom. The number of benzene rings is 1. The highest BCUT2D eigenvalue weighted by atomic mass is 127. The first kappa shape index (κ1) is 11.6. The minimum atomic E-state index is 0.201. The van der Waals surface area contributed by atoms with Crippen LogP contribution in [0.2, 0.25) is 0 Å². The summed E-state index contributed by atoms with van der Waals surface area (Å²) in [5.41, 5.74) is 6.44. The molecule has 5 nitrogen and oxygen atoms in total. The quantitative estimate of drug-likeness (QED) is 0.671. The van der Waals surface area contributed by atoms with Crippen molar-refractivity contribution >= 4 is 28.3 Å². The standard InChI is InChI=1S/C11H7IN4O/c12-8-5-15-11(16-6-8)17-10-2-1-9(14)3-7(10)4-13/h1-3,5-6H,14H2. The Morgan fingerprint density at radius 2 is 2.00 bits per heavy atom. The number of hydrogen-bond acceptors (Lipinski definition) is 5. The molecular weight excluding hydrogens is 331 g/mol. The van der Waals surface area contributed by atoms with Crippen LogP contribution in [0.4, 0.5) is 5.69 Å². The number of nitriles is 1. The molecule has 0 spiro atoms. The van der Waals surface area contributed by atoms with Gasteiger partial charge in [0.05, 0.1) is 5.56 Å². The minimum absolute atomic E-state index is 0.201. The van der Waals surface area contributed by atoms with Crippen LogP contribution in [-0.4, -0.2) is 9.97 Å². The third-order valence-corrected chi connectivity index (χ3v) is 2.48. The molecule has 0 fully saturated rings. The van der Waals surface area contributed by atoms with Crippen molar-refractivity contribution in [1.82, 2.24) is 9.97 Å². The second-order valence-corrected chi connectivity index (χ2v) is 4.40. The van der Waals surface area contributed by atoms with E-state index >= 15 is 0 Å². The number of nitrogens with zero attached hydrogens (tertiary/aromatic N) is 3. The fourth-order valence-electron chi connectivity index (χ4n) is 1.18. The van der Waals surface area contributed by atoms with Gasteiger partial charge in [0.2, 0.25) is 0 Å². The summed E-state index contributed by atoms with van der Waals surface area (Å²) in [7, 11) is 0. The first-order chi connectivity index (χ1) is 8.19. The predicted molar refractivity (Wildman–Crippen MR) is 70.4 cm³/mol. The lowest BCUT2D eigenvalue weighted by atomic mass is 10.2. The number of nitrogen functional groups attached to an aromatic ring is 1. The summed E-state index contributed by atoms with van der Waals surface area (Å²) < 4.78 is 6.32. The van der Waals surface area contributed by atoms with Gasteiger partial charge in [0.25, 0.3) is 0 Å². The molecule has 1 heterocycles. The topological polar surface area (TPSA) is 84.8 Å². The van der Waals surface area contributed by atoms with Gasteiger partial charge in [-0.1, -0.05) is 0 Å². The van der Waals surface area contributed by atoms with Crippen LogP contribution < -0.4 is 10.5 Å². The maximum absolute atomic E-state index is 8.94. The number of halogens is 1. The molecule has 0 radical (unpaired) electrons. The third-order valence-electron chi connectivity index (χ3n) is 1.92. The van der Waals surface area contributed by atoms with Crippen molar-refractivity contribution in [3.05, 3.63) is 39.7 Å². The molecule has 2 aromatic rings. The molecule has 0 saturated carbocycles. The van der Waals surface area contributed by atoms with Crippen LogP contribution in [0, 0.1) is 14.9 Å². The molecule has 2 rings (SSSR count). The van der Waals surface area contributed by atoms with Crippen molar-refractivity contribution in [2.45, 2.75) is 0 Å². The number of aromatic nitrogens is 2. The highest BCUT2D eigenvalue weighted by Gasteiger charge is 2.06. The zero-order valence-electron chi connectivity index (χ0n) is 8.59. The van der Waals surface area contributed by atoms with Gasteiger partial charge in [0, 0.05) is 21.7 Å². The monoisotopic (exact) mass is 338 g/mol. The number of anilines is 1. The van der Waals surface area contributed by atoms with Crippen molar-refractivity contribution in [3.63, 3.8) is 0 Å². The summed E-state index contributed by atoms with van der Waals surface area (Å²) in [4.78, 5) is 7.98. The van der Waals surface area contributed by atoms with Gasteiger partial charge < -0.3 is 10.5 Å². The fourth-order valence-corrected chi connectivity index (χ4v) is 1.45. The van der Waals surface area contributed by atoms with Crippen LogP contribution in [0.5, 0.6) is 11.8 Å². The largest absolute Gasteiger partial charge is 0.423 e. The summed E-state index contributed by atoms with van der Waals surface area (Å²) in [5.74, 6) is 0.392. The average molecular weight is 338 g/mol. The van der Waals surface area contributed by atoms with E-state index in [-0.39, 0.29) is 6.01 Å². The van der Waals surface area contributed by atoms with Gasteiger partial charge in [-0.2, -0.15) is 5.26 Å².